The molecular formula is C59H36N4O. The Morgan fingerprint density at radius 2 is 1.19 bits per heavy atom. The molecule has 0 saturated carbocycles. The van der Waals surface area contributed by atoms with E-state index in [9.17, 15) is 0 Å². The summed E-state index contributed by atoms with van der Waals surface area (Å²) in [6.45, 7) is 0. The predicted molar refractivity (Wildman–Crippen MR) is 263 cm³/mol. The Hall–Kier alpha value is -8.28. The number of hydrogen-bond donors (Lipinski definition) is 0. The maximum atomic E-state index is 6.74. The fourth-order valence-electron chi connectivity index (χ4n) is 11.6. The molecule has 0 bridgehead atoms. The molecular weight excluding hydrogens is 781 g/mol. The van der Waals surface area contributed by atoms with E-state index in [0.29, 0.717) is 17.6 Å². The lowest BCUT2D eigenvalue weighted by molar-refractivity contribution is 0.651. The fourth-order valence-corrected chi connectivity index (χ4v) is 11.6. The van der Waals surface area contributed by atoms with Crippen molar-refractivity contribution < 1.29 is 4.42 Å². The van der Waals surface area contributed by atoms with Crippen molar-refractivity contribution in [3.63, 3.8) is 0 Å². The minimum Gasteiger partial charge on any atom is -0.437 e. The van der Waals surface area contributed by atoms with Crippen LogP contribution in [0.5, 0.6) is 0 Å². The minimum atomic E-state index is 0.313. The van der Waals surface area contributed by atoms with Gasteiger partial charge in [-0.05, 0) is 87.8 Å². The summed E-state index contributed by atoms with van der Waals surface area (Å²) in [4.78, 5) is 11.1. The van der Waals surface area contributed by atoms with E-state index in [1.54, 1.807) is 0 Å². The molecule has 0 fully saturated rings. The third-order valence-electron chi connectivity index (χ3n) is 14.3. The Morgan fingerprint density at radius 1 is 0.469 bits per heavy atom. The molecule has 5 heteroatoms. The quantitative estimate of drug-likeness (QED) is 0.174. The van der Waals surface area contributed by atoms with Crippen molar-refractivity contribution in [3.8, 4) is 28.3 Å². The van der Waals surface area contributed by atoms with Crippen LogP contribution in [0.2, 0.25) is 0 Å². The average molecular weight is 817 g/mol. The molecule has 5 aromatic heterocycles. The van der Waals surface area contributed by atoms with E-state index in [2.05, 4.69) is 185 Å². The van der Waals surface area contributed by atoms with Gasteiger partial charge in [-0.15, -0.1) is 0 Å². The summed E-state index contributed by atoms with van der Waals surface area (Å²) in [5.74, 6) is 0.897. The van der Waals surface area contributed by atoms with E-state index >= 15 is 0 Å². The summed E-state index contributed by atoms with van der Waals surface area (Å²) in [6.07, 6.45) is 2.06. The summed E-state index contributed by atoms with van der Waals surface area (Å²) in [6, 6.07) is 68.4. The number of aromatic nitrogens is 4. The van der Waals surface area contributed by atoms with Gasteiger partial charge in [-0.1, -0.05) is 152 Å². The van der Waals surface area contributed by atoms with E-state index in [1.807, 2.05) is 12.1 Å². The third-order valence-corrected chi connectivity index (χ3v) is 14.3. The zero-order valence-corrected chi connectivity index (χ0v) is 34.6. The number of aryl methyl sites for hydroxylation is 1. The first kappa shape index (κ1) is 34.3. The molecule has 0 aliphatic heterocycles. The molecule has 15 rings (SSSR count). The summed E-state index contributed by atoms with van der Waals surface area (Å²) in [7, 11) is 0. The second-order valence-electron chi connectivity index (χ2n) is 17.5. The second-order valence-corrected chi connectivity index (χ2v) is 17.5. The van der Waals surface area contributed by atoms with Gasteiger partial charge in [-0.3, -0.25) is 4.57 Å². The summed E-state index contributed by atoms with van der Waals surface area (Å²) in [5.41, 5.74) is 15.8. The molecule has 1 aliphatic carbocycles. The highest BCUT2D eigenvalue weighted by Crippen LogP contribution is 2.50. The Kier molecular flexibility index (Phi) is 6.79. The number of furan rings is 1. The number of para-hydroxylation sites is 3. The molecule has 298 valence electrons. The third kappa shape index (κ3) is 4.52. The highest BCUT2D eigenvalue weighted by atomic mass is 16.3. The maximum absolute atomic E-state index is 6.74. The first-order valence-corrected chi connectivity index (χ1v) is 22.3. The summed E-state index contributed by atoms with van der Waals surface area (Å²) < 4.78 is 11.5. The summed E-state index contributed by atoms with van der Waals surface area (Å²) >= 11 is 0. The van der Waals surface area contributed by atoms with Crippen LogP contribution in [-0.4, -0.2) is 18.9 Å². The lowest BCUT2D eigenvalue weighted by atomic mass is 9.90. The van der Waals surface area contributed by atoms with Crippen molar-refractivity contribution in [2.45, 2.75) is 18.8 Å². The highest BCUT2D eigenvalue weighted by molar-refractivity contribution is 6.38. The summed E-state index contributed by atoms with van der Waals surface area (Å²) in [5, 5.41) is 11.7. The van der Waals surface area contributed by atoms with Crippen LogP contribution in [0.1, 0.15) is 29.0 Å². The normalized spacial score (nSPS) is 13.9. The van der Waals surface area contributed by atoms with Gasteiger partial charge < -0.3 is 8.82 Å². The molecule has 0 spiro atoms. The van der Waals surface area contributed by atoms with Gasteiger partial charge in [0.05, 0.1) is 38.7 Å². The van der Waals surface area contributed by atoms with Crippen LogP contribution < -0.4 is 0 Å². The van der Waals surface area contributed by atoms with Crippen LogP contribution in [0.25, 0.3) is 121 Å². The molecule has 1 aliphatic rings. The Balaban J connectivity index is 1.04. The van der Waals surface area contributed by atoms with Gasteiger partial charge in [0.1, 0.15) is 5.58 Å². The van der Waals surface area contributed by atoms with Crippen molar-refractivity contribution in [3.05, 3.63) is 205 Å². The molecule has 14 aromatic rings. The molecule has 1 unspecified atom stereocenters. The van der Waals surface area contributed by atoms with E-state index in [-0.39, 0.29) is 0 Å². The van der Waals surface area contributed by atoms with Crippen LogP contribution in [-0.2, 0) is 6.42 Å². The molecule has 5 heterocycles. The maximum Gasteiger partial charge on any atom is 0.238 e. The van der Waals surface area contributed by atoms with Gasteiger partial charge in [0, 0.05) is 49.2 Å². The molecule has 1 atom stereocenters. The van der Waals surface area contributed by atoms with Crippen LogP contribution in [0.4, 0.5) is 0 Å². The Labute approximate surface area is 366 Å². The van der Waals surface area contributed by atoms with Gasteiger partial charge >= 0.3 is 0 Å². The van der Waals surface area contributed by atoms with E-state index in [1.165, 1.54) is 87.5 Å². The molecule has 0 amide bonds. The van der Waals surface area contributed by atoms with Crippen LogP contribution in [0.15, 0.2) is 192 Å². The van der Waals surface area contributed by atoms with Gasteiger partial charge in [0.25, 0.3) is 0 Å². The molecule has 64 heavy (non-hydrogen) atoms. The first-order valence-electron chi connectivity index (χ1n) is 22.3. The lowest BCUT2D eigenvalue weighted by Gasteiger charge is -2.14. The number of hydrogen-bond acceptors (Lipinski definition) is 3. The largest absolute Gasteiger partial charge is 0.437 e. The topological polar surface area (TPSA) is 48.3 Å². The van der Waals surface area contributed by atoms with Crippen molar-refractivity contribution in [1.82, 2.24) is 18.9 Å². The van der Waals surface area contributed by atoms with Crippen molar-refractivity contribution >= 4 is 92.7 Å². The van der Waals surface area contributed by atoms with Crippen molar-refractivity contribution in [2.24, 2.45) is 0 Å². The van der Waals surface area contributed by atoms with Crippen LogP contribution >= 0.6 is 0 Å². The molecule has 0 N–H and O–H groups in total. The molecule has 5 nitrogen and oxygen atoms in total. The lowest BCUT2D eigenvalue weighted by Crippen LogP contribution is -2.03. The van der Waals surface area contributed by atoms with E-state index in [4.69, 9.17) is 14.4 Å². The molecule has 0 radical (unpaired) electrons. The predicted octanol–water partition coefficient (Wildman–Crippen LogP) is 15.2. The van der Waals surface area contributed by atoms with Crippen molar-refractivity contribution in [2.75, 3.05) is 0 Å². The van der Waals surface area contributed by atoms with E-state index in [0.717, 1.165) is 51.5 Å². The van der Waals surface area contributed by atoms with Gasteiger partial charge in [-0.2, -0.15) is 4.98 Å². The van der Waals surface area contributed by atoms with Crippen LogP contribution in [0.3, 0.4) is 0 Å². The smallest absolute Gasteiger partial charge is 0.238 e. The number of benzene rings is 9. The number of rotatable bonds is 5. The minimum absolute atomic E-state index is 0.313. The SMILES string of the molecule is c1ccc(CCC2c3ccccc3-c3cc(-c4nc(-n5c6ccc7ccccc7c6c6c7c8ccccc8n8c9ccccc9c(cc65)c78)nc5oc6ccccc6c45)ccc32)cc1. The zero-order valence-electron chi connectivity index (χ0n) is 34.6. The second kappa shape index (κ2) is 12.7. The monoisotopic (exact) mass is 816 g/mol. The fraction of sp³-hybridized carbons (Fsp3) is 0.0508. The van der Waals surface area contributed by atoms with Crippen LogP contribution in [0, 0.1) is 0 Å². The standard InChI is InChI=1S/C59H36N4O/c1-2-14-34(15-3-1)26-29-40-38-18-6-7-19-39(38)45-32-36(27-30-41(40)45)56-54-44-22-10-13-25-51(44)64-58(54)61-59(60-56)63-49-31-28-35-16-4-5-17-37(35)52(49)55-50(63)33-46-42-20-8-11-23-47(42)62-48-24-12-9-21-43(48)53(55)57(46)62/h1-25,27-28,30-33,40H,26,29H2. The average Bonchev–Trinajstić information content (AvgIpc) is 4.15. The highest BCUT2D eigenvalue weighted by Gasteiger charge is 2.31. The van der Waals surface area contributed by atoms with E-state index < -0.39 is 0 Å². The zero-order chi connectivity index (χ0) is 41.6. The molecule has 0 saturated heterocycles. The van der Waals surface area contributed by atoms with Crippen molar-refractivity contribution in [1.29, 1.82) is 0 Å². The van der Waals surface area contributed by atoms with Gasteiger partial charge in [0.2, 0.25) is 11.7 Å². The van der Waals surface area contributed by atoms with Gasteiger partial charge in [0.15, 0.2) is 0 Å². The first-order chi connectivity index (χ1) is 31.8. The molecule has 9 aromatic carbocycles. The Bertz CT molecular complexity index is 4270. The number of nitrogens with zero attached hydrogens (tertiary/aromatic N) is 4. The number of fused-ring (bicyclic) bond motifs is 18. The van der Waals surface area contributed by atoms with Gasteiger partial charge in [-0.25, -0.2) is 4.98 Å². The Morgan fingerprint density at radius 3 is 2.08 bits per heavy atom.